The van der Waals surface area contributed by atoms with Gasteiger partial charge in [-0.25, -0.2) is 9.37 Å². The zero-order valence-electron chi connectivity index (χ0n) is 20.5. The maximum absolute atomic E-state index is 13.9. The molecule has 5 rings (SSSR count). The Hall–Kier alpha value is -3.52. The number of carbonyl (C=O) groups excluding carboxylic acids is 1. The van der Waals surface area contributed by atoms with Crippen LogP contribution in [0.5, 0.6) is 0 Å². The largest absolute Gasteiger partial charge is 0.353 e. The Labute approximate surface area is 205 Å². The smallest absolute Gasteiger partial charge is 0.258 e. The fourth-order valence-corrected chi connectivity index (χ4v) is 5.08. The highest BCUT2D eigenvalue weighted by molar-refractivity contribution is 6.07. The summed E-state index contributed by atoms with van der Waals surface area (Å²) < 4.78 is 13.9. The van der Waals surface area contributed by atoms with Gasteiger partial charge in [0.15, 0.2) is 5.82 Å². The lowest BCUT2D eigenvalue weighted by molar-refractivity contribution is 0.0949. The molecule has 0 bridgehead atoms. The number of anilines is 3. The van der Waals surface area contributed by atoms with Gasteiger partial charge in [-0.15, -0.1) is 0 Å². The number of nitrogens with zero attached hydrogens (tertiary/aromatic N) is 4. The molecular weight excluding hydrogens is 443 g/mol. The first-order chi connectivity index (χ1) is 16.9. The maximum atomic E-state index is 13.9. The van der Waals surface area contributed by atoms with Crippen molar-refractivity contribution >= 4 is 23.4 Å². The number of para-hydroxylation sites is 1. The van der Waals surface area contributed by atoms with E-state index < -0.39 is 0 Å². The molecule has 0 saturated carbocycles. The Kier molecular flexibility index (Phi) is 6.38. The number of rotatable bonds is 6. The summed E-state index contributed by atoms with van der Waals surface area (Å²) in [5.41, 5.74) is 5.53. The SMILES string of the molecule is Cc1cc(F)ccc1-c1nc(NCCN2CCCC2)nc2c1C(=O)NCN2c1c(C)cccc1C. The molecule has 1 amide bonds. The fraction of sp³-hybridized carbons (Fsp3) is 0.370. The third kappa shape index (κ3) is 4.58. The molecule has 0 aliphatic carbocycles. The van der Waals surface area contributed by atoms with E-state index in [2.05, 4.69) is 41.5 Å². The lowest BCUT2D eigenvalue weighted by Crippen LogP contribution is -2.42. The molecule has 2 N–H and O–H groups in total. The van der Waals surface area contributed by atoms with Crippen LogP contribution in [-0.4, -0.2) is 53.6 Å². The second-order valence-electron chi connectivity index (χ2n) is 9.36. The number of halogens is 1. The summed E-state index contributed by atoms with van der Waals surface area (Å²) in [5.74, 6) is 0.473. The van der Waals surface area contributed by atoms with E-state index in [-0.39, 0.29) is 11.7 Å². The normalized spacial score (nSPS) is 15.8. The van der Waals surface area contributed by atoms with Crippen molar-refractivity contribution in [2.75, 3.05) is 43.1 Å². The van der Waals surface area contributed by atoms with Crippen LogP contribution in [0.4, 0.5) is 21.8 Å². The molecule has 182 valence electrons. The molecule has 2 aliphatic heterocycles. The summed E-state index contributed by atoms with van der Waals surface area (Å²) in [4.78, 5) is 27.3. The third-order valence-electron chi connectivity index (χ3n) is 6.83. The molecule has 3 aromatic rings. The van der Waals surface area contributed by atoms with Crippen LogP contribution in [0.3, 0.4) is 0 Å². The molecular formula is C27H31FN6O. The topological polar surface area (TPSA) is 73.4 Å². The van der Waals surface area contributed by atoms with E-state index in [4.69, 9.17) is 9.97 Å². The number of likely N-dealkylation sites (tertiary alicyclic amines) is 1. The minimum absolute atomic E-state index is 0.232. The number of carbonyl (C=O) groups is 1. The van der Waals surface area contributed by atoms with E-state index in [1.54, 1.807) is 6.07 Å². The van der Waals surface area contributed by atoms with E-state index in [1.165, 1.54) is 25.0 Å². The van der Waals surface area contributed by atoms with Gasteiger partial charge in [0.25, 0.3) is 5.91 Å². The molecule has 8 heteroatoms. The van der Waals surface area contributed by atoms with Crippen LogP contribution >= 0.6 is 0 Å². The summed E-state index contributed by atoms with van der Waals surface area (Å²) >= 11 is 0. The van der Waals surface area contributed by atoms with Crippen LogP contribution in [-0.2, 0) is 0 Å². The molecule has 0 radical (unpaired) electrons. The van der Waals surface area contributed by atoms with Gasteiger partial charge in [-0.1, -0.05) is 18.2 Å². The predicted octanol–water partition coefficient (Wildman–Crippen LogP) is 4.55. The molecule has 1 saturated heterocycles. The maximum Gasteiger partial charge on any atom is 0.258 e. The van der Waals surface area contributed by atoms with E-state index in [9.17, 15) is 9.18 Å². The Morgan fingerprint density at radius 2 is 1.77 bits per heavy atom. The van der Waals surface area contributed by atoms with Gasteiger partial charge in [-0.3, -0.25) is 4.79 Å². The van der Waals surface area contributed by atoms with Crippen molar-refractivity contribution in [1.29, 1.82) is 0 Å². The number of fused-ring (bicyclic) bond motifs is 1. The number of aromatic nitrogens is 2. The first-order valence-corrected chi connectivity index (χ1v) is 12.2. The Morgan fingerprint density at radius 3 is 2.49 bits per heavy atom. The van der Waals surface area contributed by atoms with Crippen LogP contribution < -0.4 is 15.5 Å². The number of aryl methyl sites for hydroxylation is 3. The van der Waals surface area contributed by atoms with Crippen molar-refractivity contribution in [3.05, 3.63) is 64.5 Å². The zero-order valence-corrected chi connectivity index (χ0v) is 20.5. The van der Waals surface area contributed by atoms with Crippen molar-refractivity contribution in [3.63, 3.8) is 0 Å². The van der Waals surface area contributed by atoms with Crippen molar-refractivity contribution in [2.45, 2.75) is 33.6 Å². The minimum Gasteiger partial charge on any atom is -0.353 e. The van der Waals surface area contributed by atoms with Crippen LogP contribution in [0.25, 0.3) is 11.3 Å². The number of benzene rings is 2. The van der Waals surface area contributed by atoms with Crippen LogP contribution in [0, 0.1) is 26.6 Å². The molecule has 3 heterocycles. The second-order valence-corrected chi connectivity index (χ2v) is 9.36. The van der Waals surface area contributed by atoms with Gasteiger partial charge in [0, 0.05) is 18.7 Å². The highest BCUT2D eigenvalue weighted by Gasteiger charge is 2.32. The summed E-state index contributed by atoms with van der Waals surface area (Å²) in [7, 11) is 0. The Bertz CT molecular complexity index is 1250. The molecule has 0 spiro atoms. The van der Waals surface area contributed by atoms with Gasteiger partial charge in [-0.05, 0) is 81.6 Å². The van der Waals surface area contributed by atoms with Crippen molar-refractivity contribution in [2.24, 2.45) is 0 Å². The summed E-state index contributed by atoms with van der Waals surface area (Å²) in [6.07, 6.45) is 2.48. The van der Waals surface area contributed by atoms with Crippen molar-refractivity contribution < 1.29 is 9.18 Å². The molecule has 2 aliphatic rings. The standard InChI is InChI=1S/C27H31FN6O/c1-17-7-6-8-18(2)24(17)34-16-30-26(35)22-23(21-10-9-20(28)15-19(21)3)31-27(32-25(22)34)29-11-14-33-12-4-5-13-33/h6-10,15H,4-5,11-14,16H2,1-3H3,(H,30,35)(H,29,31,32). The molecule has 0 unspecified atom stereocenters. The van der Waals surface area contributed by atoms with Gasteiger partial charge in [0.1, 0.15) is 11.4 Å². The van der Waals surface area contributed by atoms with E-state index in [0.717, 1.165) is 36.4 Å². The Morgan fingerprint density at radius 1 is 1.03 bits per heavy atom. The van der Waals surface area contributed by atoms with Gasteiger partial charge in [0.2, 0.25) is 5.95 Å². The predicted molar refractivity (Wildman–Crippen MR) is 137 cm³/mol. The van der Waals surface area contributed by atoms with E-state index >= 15 is 0 Å². The van der Waals surface area contributed by atoms with Crippen LogP contribution in [0.1, 0.15) is 39.9 Å². The first-order valence-electron chi connectivity index (χ1n) is 12.2. The summed E-state index contributed by atoms with van der Waals surface area (Å²) in [6.45, 7) is 10.1. The monoisotopic (exact) mass is 474 g/mol. The highest BCUT2D eigenvalue weighted by Crippen LogP contribution is 2.38. The summed E-state index contributed by atoms with van der Waals surface area (Å²) in [6, 6.07) is 10.7. The van der Waals surface area contributed by atoms with Crippen molar-refractivity contribution in [1.82, 2.24) is 20.2 Å². The highest BCUT2D eigenvalue weighted by atomic mass is 19.1. The average molecular weight is 475 g/mol. The number of nitrogens with one attached hydrogen (secondary N) is 2. The van der Waals surface area contributed by atoms with Gasteiger partial charge in [-0.2, -0.15) is 4.98 Å². The number of hydrogen-bond donors (Lipinski definition) is 2. The van der Waals surface area contributed by atoms with Crippen molar-refractivity contribution in [3.8, 4) is 11.3 Å². The molecule has 2 aromatic carbocycles. The molecule has 35 heavy (non-hydrogen) atoms. The minimum atomic E-state index is -0.320. The zero-order chi connectivity index (χ0) is 24.5. The molecule has 0 atom stereocenters. The van der Waals surface area contributed by atoms with E-state index in [0.29, 0.717) is 47.4 Å². The first kappa shape index (κ1) is 23.2. The lowest BCUT2D eigenvalue weighted by Gasteiger charge is -2.33. The Balaban J connectivity index is 1.62. The quantitative estimate of drug-likeness (QED) is 0.546. The van der Waals surface area contributed by atoms with E-state index in [1.807, 2.05) is 17.9 Å². The number of amides is 1. The molecule has 1 aromatic heterocycles. The van der Waals surface area contributed by atoms with Gasteiger partial charge in [0.05, 0.1) is 18.1 Å². The fourth-order valence-electron chi connectivity index (χ4n) is 5.08. The number of hydrogen-bond acceptors (Lipinski definition) is 6. The van der Waals surface area contributed by atoms with Gasteiger partial charge >= 0.3 is 0 Å². The van der Waals surface area contributed by atoms with Crippen LogP contribution in [0.2, 0.25) is 0 Å². The average Bonchev–Trinajstić information content (AvgIpc) is 3.33. The molecule has 1 fully saturated rings. The van der Waals surface area contributed by atoms with Crippen LogP contribution in [0.15, 0.2) is 36.4 Å². The summed E-state index contributed by atoms with van der Waals surface area (Å²) in [5, 5.41) is 6.37. The van der Waals surface area contributed by atoms with Gasteiger partial charge < -0.3 is 20.4 Å². The third-order valence-corrected chi connectivity index (χ3v) is 6.83. The molecule has 7 nitrogen and oxygen atoms in total. The second kappa shape index (κ2) is 9.62. The lowest BCUT2D eigenvalue weighted by atomic mass is 9.99.